The van der Waals surface area contributed by atoms with Gasteiger partial charge in [-0.3, -0.25) is 14.9 Å². The van der Waals surface area contributed by atoms with Crippen molar-refractivity contribution in [1.82, 2.24) is 9.88 Å². The molecule has 3 aromatic rings. The number of hydrogen-bond acceptors (Lipinski definition) is 6. The second-order valence-corrected chi connectivity index (χ2v) is 7.68. The van der Waals surface area contributed by atoms with Gasteiger partial charge in [0.15, 0.2) is 6.61 Å². The number of hydrogen-bond donors (Lipinski definition) is 0. The van der Waals surface area contributed by atoms with Crippen molar-refractivity contribution in [3.63, 3.8) is 0 Å². The van der Waals surface area contributed by atoms with Crippen LogP contribution in [0.3, 0.4) is 0 Å². The van der Waals surface area contributed by atoms with Crippen molar-refractivity contribution < 1.29 is 14.5 Å². The molecule has 2 heterocycles. The topological polar surface area (TPSA) is 88.8 Å². The average Bonchev–Trinajstić information content (AvgIpc) is 2.78. The van der Waals surface area contributed by atoms with E-state index in [1.807, 2.05) is 0 Å². The van der Waals surface area contributed by atoms with E-state index in [0.29, 0.717) is 31.9 Å². The van der Waals surface area contributed by atoms with Crippen LogP contribution in [-0.4, -0.2) is 53.5 Å². The lowest BCUT2D eigenvalue weighted by atomic mass is 10.1. The van der Waals surface area contributed by atoms with Crippen LogP contribution in [0.1, 0.15) is 11.1 Å². The maximum atomic E-state index is 12.5. The van der Waals surface area contributed by atoms with E-state index in [2.05, 4.69) is 43.0 Å². The third kappa shape index (κ3) is 4.42. The van der Waals surface area contributed by atoms with Crippen LogP contribution in [-0.2, 0) is 4.79 Å². The summed E-state index contributed by atoms with van der Waals surface area (Å²) in [6.45, 7) is 6.66. The number of nitro benzene ring substituents is 1. The summed E-state index contributed by atoms with van der Waals surface area (Å²) in [6.07, 6.45) is 0. The number of carbonyl (C=O) groups excluding carboxylic acids is 1. The Morgan fingerprint density at radius 3 is 2.45 bits per heavy atom. The summed E-state index contributed by atoms with van der Waals surface area (Å²) in [4.78, 5) is 31.6. The first-order valence-electron chi connectivity index (χ1n) is 10.2. The van der Waals surface area contributed by atoms with E-state index in [9.17, 15) is 14.9 Å². The minimum Gasteiger partial charge on any atom is -0.484 e. The van der Waals surface area contributed by atoms with Crippen molar-refractivity contribution in [1.29, 1.82) is 0 Å². The second-order valence-electron chi connectivity index (χ2n) is 7.68. The highest BCUT2D eigenvalue weighted by Crippen LogP contribution is 2.25. The molecule has 0 bridgehead atoms. The smallest absolute Gasteiger partial charge is 0.269 e. The van der Waals surface area contributed by atoms with Gasteiger partial charge in [-0.05, 0) is 43.2 Å². The van der Waals surface area contributed by atoms with Gasteiger partial charge in [-0.2, -0.15) is 0 Å². The quantitative estimate of drug-likeness (QED) is 0.464. The number of anilines is 1. The highest BCUT2D eigenvalue weighted by Gasteiger charge is 2.23. The first-order chi connectivity index (χ1) is 14.9. The minimum atomic E-state index is -0.471. The fourth-order valence-corrected chi connectivity index (χ4v) is 3.79. The van der Waals surface area contributed by atoms with Crippen LogP contribution in [0.2, 0.25) is 0 Å². The van der Waals surface area contributed by atoms with Gasteiger partial charge in [0.25, 0.3) is 11.6 Å². The highest BCUT2D eigenvalue weighted by molar-refractivity contribution is 5.86. The predicted molar refractivity (Wildman–Crippen MR) is 119 cm³/mol. The molecule has 0 aliphatic carbocycles. The van der Waals surface area contributed by atoms with Crippen molar-refractivity contribution in [2.45, 2.75) is 13.8 Å². The number of amides is 1. The molecular formula is C23H24N4O4. The number of ether oxygens (including phenoxy) is 1. The summed E-state index contributed by atoms with van der Waals surface area (Å²) < 4.78 is 5.50. The molecule has 0 spiro atoms. The molecule has 0 saturated carbocycles. The zero-order chi connectivity index (χ0) is 22.0. The summed E-state index contributed by atoms with van der Waals surface area (Å²) >= 11 is 0. The Morgan fingerprint density at radius 2 is 1.77 bits per heavy atom. The molecule has 1 aliphatic heterocycles. The van der Waals surface area contributed by atoms with Crippen molar-refractivity contribution in [2.75, 3.05) is 37.7 Å². The number of benzene rings is 2. The normalized spacial score (nSPS) is 14.0. The first-order valence-corrected chi connectivity index (χ1v) is 10.2. The summed E-state index contributed by atoms with van der Waals surface area (Å²) in [5, 5.41) is 11.9. The summed E-state index contributed by atoms with van der Waals surface area (Å²) in [5.74, 6) is 1.27. The lowest BCUT2D eigenvalue weighted by Crippen LogP contribution is -2.50. The third-order valence-corrected chi connectivity index (χ3v) is 5.60. The molecule has 1 amide bonds. The zero-order valence-corrected chi connectivity index (χ0v) is 17.6. The fourth-order valence-electron chi connectivity index (χ4n) is 3.79. The van der Waals surface area contributed by atoms with Crippen molar-refractivity contribution >= 4 is 28.3 Å². The maximum absolute atomic E-state index is 12.5. The number of pyridine rings is 1. The highest BCUT2D eigenvalue weighted by atomic mass is 16.6. The van der Waals surface area contributed by atoms with Gasteiger partial charge in [-0.15, -0.1) is 0 Å². The molecule has 4 rings (SSSR count). The van der Waals surface area contributed by atoms with E-state index in [1.54, 1.807) is 4.90 Å². The molecule has 1 aromatic heterocycles. The Labute approximate surface area is 180 Å². The van der Waals surface area contributed by atoms with Crippen LogP contribution in [0.5, 0.6) is 5.75 Å². The molecule has 8 heteroatoms. The fraction of sp³-hybridized carbons (Fsp3) is 0.304. The van der Waals surface area contributed by atoms with Gasteiger partial charge >= 0.3 is 0 Å². The molecule has 31 heavy (non-hydrogen) atoms. The van der Waals surface area contributed by atoms with Gasteiger partial charge in [0, 0.05) is 43.7 Å². The van der Waals surface area contributed by atoms with Crippen LogP contribution >= 0.6 is 0 Å². The van der Waals surface area contributed by atoms with Crippen molar-refractivity contribution in [3.05, 3.63) is 69.8 Å². The van der Waals surface area contributed by atoms with Crippen LogP contribution in [0.15, 0.2) is 48.5 Å². The van der Waals surface area contributed by atoms with Crippen molar-refractivity contribution in [3.8, 4) is 5.75 Å². The molecule has 0 unspecified atom stereocenters. The Bertz CT molecular complexity index is 1120. The Kier molecular flexibility index (Phi) is 5.70. The van der Waals surface area contributed by atoms with Gasteiger partial charge in [0.1, 0.15) is 11.6 Å². The van der Waals surface area contributed by atoms with Gasteiger partial charge in [-0.1, -0.05) is 18.2 Å². The van der Waals surface area contributed by atoms with Gasteiger partial charge in [-0.25, -0.2) is 4.98 Å². The van der Waals surface area contributed by atoms with E-state index in [4.69, 9.17) is 9.72 Å². The van der Waals surface area contributed by atoms with Crippen molar-refractivity contribution in [2.24, 2.45) is 0 Å². The van der Waals surface area contributed by atoms with E-state index in [1.165, 1.54) is 35.2 Å². The average molecular weight is 420 g/mol. The molecular weight excluding hydrogens is 396 g/mol. The van der Waals surface area contributed by atoms with E-state index in [0.717, 1.165) is 16.9 Å². The maximum Gasteiger partial charge on any atom is 0.269 e. The second kappa shape index (κ2) is 8.59. The van der Waals surface area contributed by atoms with E-state index >= 15 is 0 Å². The van der Waals surface area contributed by atoms with Gasteiger partial charge in [0.2, 0.25) is 0 Å². The Balaban J connectivity index is 1.35. The standard InChI is InChI=1S/C23H24N4O4/c1-16-4-3-5-20-17(2)14-21(24-23(16)20)25-10-12-26(13-11-25)22(28)15-31-19-8-6-18(7-9-19)27(29)30/h3-9,14H,10-13,15H2,1-2H3. The van der Waals surface area contributed by atoms with E-state index in [-0.39, 0.29) is 18.2 Å². The summed E-state index contributed by atoms with van der Waals surface area (Å²) in [5.41, 5.74) is 3.35. The Hall–Kier alpha value is -3.68. The number of non-ortho nitro benzene ring substituents is 1. The molecule has 0 atom stereocenters. The zero-order valence-electron chi connectivity index (χ0n) is 17.6. The monoisotopic (exact) mass is 420 g/mol. The summed E-state index contributed by atoms with van der Waals surface area (Å²) in [6, 6.07) is 14.0. The number of aryl methyl sites for hydroxylation is 2. The molecule has 1 fully saturated rings. The minimum absolute atomic E-state index is 0.0115. The number of rotatable bonds is 5. The molecule has 1 aliphatic rings. The number of para-hydroxylation sites is 1. The molecule has 0 radical (unpaired) electrons. The van der Waals surface area contributed by atoms with Crippen LogP contribution in [0.25, 0.3) is 10.9 Å². The lowest BCUT2D eigenvalue weighted by Gasteiger charge is -2.35. The molecule has 160 valence electrons. The SMILES string of the molecule is Cc1cc(N2CCN(C(=O)COc3ccc([N+](=O)[O-])cc3)CC2)nc2c(C)cccc12. The lowest BCUT2D eigenvalue weighted by molar-refractivity contribution is -0.384. The molecule has 1 saturated heterocycles. The van der Waals surface area contributed by atoms with Gasteiger partial charge < -0.3 is 14.5 Å². The number of aromatic nitrogens is 1. The predicted octanol–water partition coefficient (Wildman–Crippen LogP) is 3.49. The molecule has 2 aromatic carbocycles. The molecule has 8 nitrogen and oxygen atoms in total. The number of piperazine rings is 1. The largest absolute Gasteiger partial charge is 0.484 e. The van der Waals surface area contributed by atoms with Gasteiger partial charge in [0.05, 0.1) is 10.4 Å². The number of nitrogens with zero attached hydrogens (tertiary/aromatic N) is 4. The number of fused-ring (bicyclic) bond motifs is 1. The van der Waals surface area contributed by atoms with Crippen LogP contribution in [0, 0.1) is 24.0 Å². The number of carbonyl (C=O) groups is 1. The molecule has 0 N–H and O–H groups in total. The summed E-state index contributed by atoms with van der Waals surface area (Å²) in [7, 11) is 0. The number of nitro groups is 1. The Morgan fingerprint density at radius 1 is 1.06 bits per heavy atom. The first kappa shape index (κ1) is 20.6. The van der Waals surface area contributed by atoms with Crippen LogP contribution < -0.4 is 9.64 Å². The van der Waals surface area contributed by atoms with Crippen LogP contribution in [0.4, 0.5) is 11.5 Å². The van der Waals surface area contributed by atoms with E-state index < -0.39 is 4.92 Å². The third-order valence-electron chi connectivity index (χ3n) is 5.60.